The Labute approximate surface area is 187 Å². The van der Waals surface area contributed by atoms with Crippen molar-refractivity contribution in [3.63, 3.8) is 0 Å². The summed E-state index contributed by atoms with van der Waals surface area (Å²) in [6, 6.07) is 12.7. The van der Waals surface area contributed by atoms with Crippen molar-refractivity contribution >= 4 is 35.6 Å². The third-order valence-corrected chi connectivity index (χ3v) is 4.85. The summed E-state index contributed by atoms with van der Waals surface area (Å²) in [5.41, 5.74) is 2.55. The highest BCUT2D eigenvalue weighted by atomic mass is 127. The van der Waals surface area contributed by atoms with Gasteiger partial charge in [0.2, 0.25) is 5.82 Å². The number of halogens is 1. The van der Waals surface area contributed by atoms with E-state index in [4.69, 9.17) is 4.42 Å². The lowest BCUT2D eigenvalue weighted by Crippen LogP contribution is -2.44. The predicted molar refractivity (Wildman–Crippen MR) is 125 cm³/mol. The quantitative estimate of drug-likeness (QED) is 0.280. The summed E-state index contributed by atoms with van der Waals surface area (Å²) < 4.78 is 5.32. The van der Waals surface area contributed by atoms with Crippen LogP contribution in [0.2, 0.25) is 0 Å². The minimum atomic E-state index is 0. The zero-order valence-electron chi connectivity index (χ0n) is 16.6. The van der Waals surface area contributed by atoms with E-state index in [1.54, 1.807) is 13.3 Å². The van der Waals surface area contributed by atoms with E-state index >= 15 is 0 Å². The Balaban J connectivity index is 0.00000240. The summed E-state index contributed by atoms with van der Waals surface area (Å²) in [5.74, 6) is 2.68. The number of aromatic amines is 1. The molecule has 1 saturated heterocycles. The van der Waals surface area contributed by atoms with E-state index in [1.165, 1.54) is 11.3 Å². The van der Waals surface area contributed by atoms with Gasteiger partial charge in [0.25, 0.3) is 0 Å². The first-order chi connectivity index (χ1) is 13.7. The molecule has 9 heteroatoms. The third kappa shape index (κ3) is 5.28. The molecule has 0 radical (unpaired) electrons. The first-order valence-electron chi connectivity index (χ1n) is 9.45. The molecule has 3 heterocycles. The lowest BCUT2D eigenvalue weighted by atomic mass is 10.2. The molecular weight excluding hydrogens is 481 g/mol. The summed E-state index contributed by atoms with van der Waals surface area (Å²) in [5, 5.41) is 13.9. The molecule has 154 valence electrons. The molecule has 8 nitrogen and oxygen atoms in total. The van der Waals surface area contributed by atoms with Gasteiger partial charge in [-0.05, 0) is 37.6 Å². The van der Waals surface area contributed by atoms with E-state index in [-0.39, 0.29) is 24.0 Å². The highest BCUT2D eigenvalue weighted by molar-refractivity contribution is 14.0. The number of nitrogens with one attached hydrogen (secondary N) is 3. The SMILES string of the molecule is CN=C(NCc1nc(-c2ccco2)n[nH]1)NC1CCN(c2ccc(C)cc2)C1.I. The van der Waals surface area contributed by atoms with Crippen LogP contribution in [-0.4, -0.2) is 47.3 Å². The highest BCUT2D eigenvalue weighted by Gasteiger charge is 2.23. The molecule has 2 aromatic heterocycles. The fraction of sp³-hybridized carbons (Fsp3) is 0.350. The topological polar surface area (TPSA) is 94.4 Å². The fourth-order valence-corrected chi connectivity index (χ4v) is 3.31. The number of anilines is 1. The van der Waals surface area contributed by atoms with Gasteiger partial charge in [0.1, 0.15) is 5.82 Å². The normalized spacial score (nSPS) is 16.6. The molecule has 1 atom stereocenters. The first-order valence-corrected chi connectivity index (χ1v) is 9.45. The lowest BCUT2D eigenvalue weighted by molar-refractivity contribution is 0.577. The second-order valence-corrected chi connectivity index (χ2v) is 6.92. The summed E-state index contributed by atoms with van der Waals surface area (Å²) in [6.07, 6.45) is 2.68. The van der Waals surface area contributed by atoms with Crippen LogP contribution in [-0.2, 0) is 6.54 Å². The lowest BCUT2D eigenvalue weighted by Gasteiger charge is -2.20. The number of hydrogen-bond acceptors (Lipinski definition) is 5. The van der Waals surface area contributed by atoms with E-state index < -0.39 is 0 Å². The molecule has 0 bridgehead atoms. The molecule has 0 amide bonds. The smallest absolute Gasteiger partial charge is 0.216 e. The molecule has 0 aliphatic carbocycles. The predicted octanol–water partition coefficient (Wildman–Crippen LogP) is 2.94. The Bertz CT molecular complexity index is 921. The van der Waals surface area contributed by atoms with Gasteiger partial charge in [-0.1, -0.05) is 17.7 Å². The van der Waals surface area contributed by atoms with Crippen LogP contribution in [0.5, 0.6) is 0 Å². The van der Waals surface area contributed by atoms with Crippen molar-refractivity contribution < 1.29 is 4.42 Å². The Morgan fingerprint density at radius 3 is 2.86 bits per heavy atom. The molecule has 29 heavy (non-hydrogen) atoms. The van der Waals surface area contributed by atoms with Crippen molar-refractivity contribution in [3.8, 4) is 11.6 Å². The Hall–Kier alpha value is -2.56. The van der Waals surface area contributed by atoms with Gasteiger partial charge in [-0.3, -0.25) is 10.1 Å². The fourth-order valence-electron chi connectivity index (χ4n) is 3.31. The minimum absolute atomic E-state index is 0. The zero-order chi connectivity index (χ0) is 19.3. The molecule has 3 aromatic rings. The molecule has 1 fully saturated rings. The van der Waals surface area contributed by atoms with Gasteiger partial charge in [0.15, 0.2) is 11.7 Å². The van der Waals surface area contributed by atoms with Crippen molar-refractivity contribution in [2.45, 2.75) is 25.9 Å². The number of H-pyrrole nitrogens is 1. The van der Waals surface area contributed by atoms with E-state index in [1.807, 2.05) is 12.1 Å². The van der Waals surface area contributed by atoms with Crippen LogP contribution in [0, 0.1) is 6.92 Å². The molecule has 1 aromatic carbocycles. The molecular formula is C20H26IN7O. The highest BCUT2D eigenvalue weighted by Crippen LogP contribution is 2.20. The molecule has 1 aliphatic heterocycles. The number of aliphatic imine (C=N–C) groups is 1. The number of hydrogen-bond donors (Lipinski definition) is 3. The van der Waals surface area contributed by atoms with Gasteiger partial charge in [0, 0.05) is 31.9 Å². The van der Waals surface area contributed by atoms with E-state index in [0.29, 0.717) is 24.2 Å². The largest absolute Gasteiger partial charge is 0.461 e. The van der Waals surface area contributed by atoms with Gasteiger partial charge in [-0.25, -0.2) is 4.98 Å². The zero-order valence-corrected chi connectivity index (χ0v) is 18.9. The average Bonchev–Trinajstić information content (AvgIpc) is 3.47. The van der Waals surface area contributed by atoms with E-state index in [0.717, 1.165) is 31.3 Å². The Kier molecular flexibility index (Phi) is 7.13. The maximum Gasteiger partial charge on any atom is 0.216 e. The van der Waals surface area contributed by atoms with E-state index in [9.17, 15) is 0 Å². The van der Waals surface area contributed by atoms with Crippen molar-refractivity contribution in [3.05, 3.63) is 54.0 Å². The summed E-state index contributed by atoms with van der Waals surface area (Å²) in [4.78, 5) is 11.2. The van der Waals surface area contributed by atoms with Crippen LogP contribution < -0.4 is 15.5 Å². The summed E-state index contributed by atoms with van der Waals surface area (Å²) in [6.45, 7) is 4.60. The second-order valence-electron chi connectivity index (χ2n) is 6.92. The van der Waals surface area contributed by atoms with Crippen LogP contribution in [0.4, 0.5) is 5.69 Å². The molecule has 3 N–H and O–H groups in total. The van der Waals surface area contributed by atoms with Crippen LogP contribution >= 0.6 is 24.0 Å². The molecule has 0 saturated carbocycles. The molecule has 1 aliphatic rings. The van der Waals surface area contributed by atoms with Crippen LogP contribution in [0.15, 0.2) is 52.1 Å². The van der Waals surface area contributed by atoms with Gasteiger partial charge in [-0.15, -0.1) is 29.1 Å². The second kappa shape index (κ2) is 9.77. The summed E-state index contributed by atoms with van der Waals surface area (Å²) in [7, 11) is 1.77. The number of aromatic nitrogens is 3. The third-order valence-electron chi connectivity index (χ3n) is 4.85. The van der Waals surface area contributed by atoms with Gasteiger partial charge in [0.05, 0.1) is 12.8 Å². The van der Waals surface area contributed by atoms with Gasteiger partial charge < -0.3 is 20.0 Å². The number of furan rings is 1. The van der Waals surface area contributed by atoms with Crippen molar-refractivity contribution in [2.75, 3.05) is 25.0 Å². The number of benzene rings is 1. The van der Waals surface area contributed by atoms with Crippen LogP contribution in [0.3, 0.4) is 0 Å². The minimum Gasteiger partial charge on any atom is -0.461 e. The first kappa shape index (κ1) is 21.2. The summed E-state index contributed by atoms with van der Waals surface area (Å²) >= 11 is 0. The van der Waals surface area contributed by atoms with E-state index in [2.05, 4.69) is 66.9 Å². The van der Waals surface area contributed by atoms with Gasteiger partial charge >= 0.3 is 0 Å². The maximum absolute atomic E-state index is 5.32. The molecule has 0 spiro atoms. The van der Waals surface area contributed by atoms with Crippen molar-refractivity contribution in [2.24, 2.45) is 4.99 Å². The van der Waals surface area contributed by atoms with Gasteiger partial charge in [-0.2, -0.15) is 0 Å². The standard InChI is InChI=1S/C20H25N7O.HI/c1-14-5-7-16(8-6-14)27-10-9-15(13-27)23-20(21-2)22-12-18-24-19(26-25-18)17-4-3-11-28-17;/h3-8,11,15H,9-10,12-13H2,1-2H3,(H2,21,22,23)(H,24,25,26);1H. The number of guanidine groups is 1. The van der Waals surface area contributed by atoms with Crippen molar-refractivity contribution in [1.29, 1.82) is 0 Å². The average molecular weight is 507 g/mol. The Morgan fingerprint density at radius 1 is 1.31 bits per heavy atom. The van der Waals surface area contributed by atoms with Crippen LogP contribution in [0.1, 0.15) is 17.8 Å². The van der Waals surface area contributed by atoms with Crippen LogP contribution in [0.25, 0.3) is 11.6 Å². The van der Waals surface area contributed by atoms with Crippen molar-refractivity contribution in [1.82, 2.24) is 25.8 Å². The number of nitrogens with zero attached hydrogens (tertiary/aromatic N) is 4. The monoisotopic (exact) mass is 507 g/mol. The maximum atomic E-state index is 5.32. The molecule has 1 unspecified atom stereocenters. The number of rotatable bonds is 5. The molecule has 4 rings (SSSR count). The number of aryl methyl sites for hydroxylation is 1. The Morgan fingerprint density at radius 2 is 2.14 bits per heavy atom.